The van der Waals surface area contributed by atoms with Crippen LogP contribution in [0.25, 0.3) is 0 Å². The number of ether oxygens (including phenoxy) is 2. The maximum atomic E-state index is 11.5. The molecular formula is C12H15ClO5S. The number of hydrogen-bond acceptors (Lipinski definition) is 5. The van der Waals surface area contributed by atoms with Gasteiger partial charge in [0.1, 0.15) is 11.3 Å². The number of esters is 1. The molecule has 0 radical (unpaired) electrons. The third-order valence-corrected chi connectivity index (χ3v) is 3.64. The SMILES string of the molecule is COC(=O)c1ccccc1OCC(C)CS(=O)(=O)Cl. The fraction of sp³-hybridized carbons (Fsp3) is 0.417. The summed E-state index contributed by atoms with van der Waals surface area (Å²) in [6, 6.07) is 6.59. The number of carbonyl (C=O) groups excluding carboxylic acids is 1. The van der Waals surface area contributed by atoms with Gasteiger partial charge in [-0.15, -0.1) is 0 Å². The topological polar surface area (TPSA) is 69.7 Å². The Morgan fingerprint density at radius 1 is 1.37 bits per heavy atom. The van der Waals surface area contributed by atoms with Gasteiger partial charge in [-0.3, -0.25) is 0 Å². The van der Waals surface area contributed by atoms with E-state index >= 15 is 0 Å². The third-order valence-electron chi connectivity index (χ3n) is 2.30. The Bertz CT molecular complexity index is 541. The molecule has 0 heterocycles. The molecule has 0 saturated carbocycles. The molecule has 1 atom stereocenters. The predicted molar refractivity (Wildman–Crippen MR) is 72.1 cm³/mol. The van der Waals surface area contributed by atoms with Gasteiger partial charge < -0.3 is 9.47 Å². The average molecular weight is 307 g/mol. The van der Waals surface area contributed by atoms with E-state index in [1.165, 1.54) is 7.11 Å². The highest BCUT2D eigenvalue weighted by molar-refractivity contribution is 8.13. The van der Waals surface area contributed by atoms with E-state index in [2.05, 4.69) is 4.74 Å². The number of methoxy groups -OCH3 is 1. The summed E-state index contributed by atoms with van der Waals surface area (Å²) in [5.74, 6) is -0.621. The summed E-state index contributed by atoms with van der Waals surface area (Å²) in [4.78, 5) is 11.5. The molecule has 1 aromatic rings. The molecule has 0 saturated heterocycles. The molecule has 0 bridgehead atoms. The quantitative estimate of drug-likeness (QED) is 0.594. The summed E-state index contributed by atoms with van der Waals surface area (Å²) in [5.41, 5.74) is 0.297. The summed E-state index contributed by atoms with van der Waals surface area (Å²) in [5, 5.41) is 0. The van der Waals surface area contributed by atoms with Crippen molar-refractivity contribution in [3.05, 3.63) is 29.8 Å². The van der Waals surface area contributed by atoms with Gasteiger partial charge in [0.2, 0.25) is 9.05 Å². The van der Waals surface area contributed by atoms with E-state index in [1.54, 1.807) is 31.2 Å². The van der Waals surface area contributed by atoms with Crippen molar-refractivity contribution in [1.82, 2.24) is 0 Å². The number of para-hydroxylation sites is 1. The molecule has 106 valence electrons. The molecule has 19 heavy (non-hydrogen) atoms. The summed E-state index contributed by atoms with van der Waals surface area (Å²) in [7, 11) is 2.88. The molecule has 0 N–H and O–H groups in total. The van der Waals surface area contributed by atoms with Crippen LogP contribution in [-0.4, -0.2) is 33.9 Å². The second kappa shape index (κ2) is 6.77. The Hall–Kier alpha value is -1.27. The van der Waals surface area contributed by atoms with Gasteiger partial charge in [-0.1, -0.05) is 19.1 Å². The lowest BCUT2D eigenvalue weighted by Crippen LogP contribution is -2.17. The molecule has 7 heteroatoms. The minimum absolute atomic E-state index is 0.139. The van der Waals surface area contributed by atoms with Crippen LogP contribution in [0.1, 0.15) is 17.3 Å². The summed E-state index contributed by atoms with van der Waals surface area (Å²) < 4.78 is 31.9. The molecule has 1 aromatic carbocycles. The van der Waals surface area contributed by atoms with Crippen LogP contribution in [0.4, 0.5) is 0 Å². The lowest BCUT2D eigenvalue weighted by molar-refractivity contribution is 0.0595. The highest BCUT2D eigenvalue weighted by atomic mass is 35.7. The molecule has 0 aromatic heterocycles. The summed E-state index contributed by atoms with van der Waals surface area (Å²) in [6.07, 6.45) is 0. The zero-order valence-electron chi connectivity index (χ0n) is 10.6. The monoisotopic (exact) mass is 306 g/mol. The first kappa shape index (κ1) is 15.8. The van der Waals surface area contributed by atoms with Gasteiger partial charge in [0, 0.05) is 16.6 Å². The maximum Gasteiger partial charge on any atom is 0.341 e. The fourth-order valence-electron chi connectivity index (χ4n) is 1.49. The standard InChI is InChI=1S/C12H15ClO5S/c1-9(8-19(13,15)16)7-18-11-6-4-3-5-10(11)12(14)17-2/h3-6,9H,7-8H2,1-2H3. The van der Waals surface area contributed by atoms with Crippen LogP contribution in [0.15, 0.2) is 24.3 Å². The van der Waals surface area contributed by atoms with Crippen LogP contribution in [0.2, 0.25) is 0 Å². The Kier molecular flexibility index (Phi) is 5.62. The van der Waals surface area contributed by atoms with Crippen molar-refractivity contribution >= 4 is 25.7 Å². The number of carbonyl (C=O) groups is 1. The van der Waals surface area contributed by atoms with E-state index in [0.717, 1.165) is 0 Å². The van der Waals surface area contributed by atoms with Crippen LogP contribution in [0.3, 0.4) is 0 Å². The molecule has 1 rings (SSSR count). The highest BCUT2D eigenvalue weighted by Gasteiger charge is 2.16. The molecule has 0 aliphatic rings. The molecule has 0 fully saturated rings. The molecule has 0 aliphatic carbocycles. The summed E-state index contributed by atoms with van der Waals surface area (Å²) in [6.45, 7) is 1.83. The first-order chi connectivity index (χ1) is 8.83. The second-order valence-electron chi connectivity index (χ2n) is 4.11. The van der Waals surface area contributed by atoms with E-state index in [4.69, 9.17) is 15.4 Å². The van der Waals surface area contributed by atoms with Crippen molar-refractivity contribution in [2.75, 3.05) is 19.5 Å². The van der Waals surface area contributed by atoms with Crippen LogP contribution in [0.5, 0.6) is 5.75 Å². The van der Waals surface area contributed by atoms with Gasteiger partial charge in [-0.2, -0.15) is 0 Å². The van der Waals surface area contributed by atoms with Crippen molar-refractivity contribution in [2.45, 2.75) is 6.92 Å². The van der Waals surface area contributed by atoms with Crippen molar-refractivity contribution in [2.24, 2.45) is 5.92 Å². The van der Waals surface area contributed by atoms with E-state index in [-0.39, 0.29) is 18.3 Å². The first-order valence-electron chi connectivity index (χ1n) is 5.56. The Labute approximate surface area is 116 Å². The normalized spacial score (nSPS) is 12.8. The number of hydrogen-bond donors (Lipinski definition) is 0. The van der Waals surface area contributed by atoms with Crippen LogP contribution < -0.4 is 4.74 Å². The van der Waals surface area contributed by atoms with Crippen molar-refractivity contribution in [3.8, 4) is 5.75 Å². The summed E-state index contributed by atoms with van der Waals surface area (Å²) >= 11 is 0. The van der Waals surface area contributed by atoms with Gasteiger partial charge in [0.05, 0.1) is 19.5 Å². The minimum atomic E-state index is -3.56. The van der Waals surface area contributed by atoms with Crippen molar-refractivity contribution < 1.29 is 22.7 Å². The van der Waals surface area contributed by atoms with Crippen molar-refractivity contribution in [3.63, 3.8) is 0 Å². The largest absolute Gasteiger partial charge is 0.492 e. The zero-order valence-corrected chi connectivity index (χ0v) is 12.2. The lowest BCUT2D eigenvalue weighted by atomic mass is 10.2. The van der Waals surface area contributed by atoms with Gasteiger partial charge in [0.25, 0.3) is 0 Å². The lowest BCUT2D eigenvalue weighted by Gasteiger charge is -2.13. The Balaban J connectivity index is 2.70. The molecule has 1 unspecified atom stereocenters. The predicted octanol–water partition coefficient (Wildman–Crippen LogP) is 2.06. The van der Waals surface area contributed by atoms with E-state index < -0.39 is 15.0 Å². The maximum absolute atomic E-state index is 11.5. The number of rotatable bonds is 6. The van der Waals surface area contributed by atoms with Crippen molar-refractivity contribution in [1.29, 1.82) is 0 Å². The fourth-order valence-corrected chi connectivity index (χ4v) is 2.91. The zero-order chi connectivity index (χ0) is 14.5. The smallest absolute Gasteiger partial charge is 0.341 e. The molecule has 0 spiro atoms. The molecule has 0 aliphatic heterocycles. The molecule has 5 nitrogen and oxygen atoms in total. The highest BCUT2D eigenvalue weighted by Crippen LogP contribution is 2.20. The number of halogens is 1. The van der Waals surface area contributed by atoms with E-state index in [9.17, 15) is 13.2 Å². The van der Waals surface area contributed by atoms with E-state index in [0.29, 0.717) is 11.3 Å². The number of benzene rings is 1. The van der Waals surface area contributed by atoms with Crippen LogP contribution in [-0.2, 0) is 13.8 Å². The van der Waals surface area contributed by atoms with Gasteiger partial charge in [-0.05, 0) is 12.1 Å². The Morgan fingerprint density at radius 3 is 2.58 bits per heavy atom. The first-order valence-corrected chi connectivity index (χ1v) is 8.04. The van der Waals surface area contributed by atoms with E-state index in [1.807, 2.05) is 0 Å². The average Bonchev–Trinajstić information content (AvgIpc) is 2.33. The Morgan fingerprint density at radius 2 is 2.00 bits per heavy atom. The molecule has 0 amide bonds. The van der Waals surface area contributed by atoms with Gasteiger partial charge in [0.15, 0.2) is 0 Å². The van der Waals surface area contributed by atoms with Crippen LogP contribution >= 0.6 is 10.7 Å². The second-order valence-corrected chi connectivity index (χ2v) is 6.93. The van der Waals surface area contributed by atoms with Gasteiger partial charge in [-0.25, -0.2) is 13.2 Å². The third kappa shape index (κ3) is 5.48. The van der Waals surface area contributed by atoms with Crippen LogP contribution in [0, 0.1) is 5.92 Å². The molecular weight excluding hydrogens is 292 g/mol. The minimum Gasteiger partial charge on any atom is -0.492 e. The van der Waals surface area contributed by atoms with Gasteiger partial charge >= 0.3 is 5.97 Å².